The van der Waals surface area contributed by atoms with Crippen LogP contribution in [0.5, 0.6) is 0 Å². The summed E-state index contributed by atoms with van der Waals surface area (Å²) in [6.45, 7) is 0.324. The van der Waals surface area contributed by atoms with Crippen molar-refractivity contribution in [1.29, 1.82) is 0 Å². The van der Waals surface area contributed by atoms with Gasteiger partial charge in [-0.05, 0) is 42.5 Å². The van der Waals surface area contributed by atoms with E-state index in [0.29, 0.717) is 18.0 Å². The predicted molar refractivity (Wildman–Crippen MR) is 75.1 cm³/mol. The lowest BCUT2D eigenvalue weighted by molar-refractivity contribution is 0.468. The van der Waals surface area contributed by atoms with Crippen LogP contribution in [0.15, 0.2) is 42.5 Å². The van der Waals surface area contributed by atoms with E-state index in [0.717, 1.165) is 24.5 Å². The number of rotatable bonds is 5. The summed E-state index contributed by atoms with van der Waals surface area (Å²) in [5.74, 6) is -0.887. The van der Waals surface area contributed by atoms with Gasteiger partial charge in [-0.2, -0.15) is 0 Å². The van der Waals surface area contributed by atoms with E-state index in [4.69, 9.17) is 0 Å². The van der Waals surface area contributed by atoms with Gasteiger partial charge in [0.15, 0.2) is 0 Å². The maximum absolute atomic E-state index is 13.6. The van der Waals surface area contributed by atoms with Crippen LogP contribution in [0.1, 0.15) is 30.0 Å². The van der Waals surface area contributed by atoms with Crippen molar-refractivity contribution < 1.29 is 13.2 Å². The summed E-state index contributed by atoms with van der Waals surface area (Å²) < 4.78 is 39.5. The first-order valence-corrected chi connectivity index (χ1v) is 7.06. The topological polar surface area (TPSA) is 12.0 Å². The van der Waals surface area contributed by atoms with Crippen LogP contribution in [0.4, 0.5) is 13.2 Å². The van der Waals surface area contributed by atoms with E-state index >= 15 is 0 Å². The predicted octanol–water partition coefficient (Wildman–Crippen LogP) is 4.34. The van der Waals surface area contributed by atoms with Gasteiger partial charge in [-0.3, -0.25) is 0 Å². The van der Waals surface area contributed by atoms with Gasteiger partial charge in [-0.15, -0.1) is 0 Å². The smallest absolute Gasteiger partial charge is 0.130 e. The third-order valence-corrected chi connectivity index (χ3v) is 3.85. The third-order valence-electron chi connectivity index (χ3n) is 3.85. The Bertz CT molecular complexity index is 620. The Morgan fingerprint density at radius 3 is 2.24 bits per heavy atom. The molecule has 110 valence electrons. The molecular formula is C17H16F3N. The van der Waals surface area contributed by atoms with Crippen molar-refractivity contribution in [3.8, 4) is 0 Å². The lowest BCUT2D eigenvalue weighted by Gasteiger charge is -2.19. The van der Waals surface area contributed by atoms with Gasteiger partial charge in [0.2, 0.25) is 0 Å². The van der Waals surface area contributed by atoms with E-state index in [1.165, 1.54) is 24.3 Å². The summed E-state index contributed by atoms with van der Waals surface area (Å²) in [6.07, 6.45) is 2.22. The molecule has 1 saturated carbocycles. The monoisotopic (exact) mass is 291 g/mol. The van der Waals surface area contributed by atoms with Crippen molar-refractivity contribution >= 4 is 0 Å². The fourth-order valence-corrected chi connectivity index (χ4v) is 2.54. The van der Waals surface area contributed by atoms with Crippen LogP contribution in [0.25, 0.3) is 0 Å². The van der Waals surface area contributed by atoms with Crippen LogP contribution >= 0.6 is 0 Å². The zero-order valence-corrected chi connectivity index (χ0v) is 11.5. The average Bonchev–Trinajstić information content (AvgIpc) is 3.28. The van der Waals surface area contributed by atoms with E-state index in [2.05, 4.69) is 5.32 Å². The molecule has 0 bridgehead atoms. The summed E-state index contributed by atoms with van der Waals surface area (Å²) in [5.41, 5.74) is 1.44. The molecule has 0 heterocycles. The molecule has 1 nitrogen and oxygen atoms in total. The molecule has 0 saturated heterocycles. The zero-order chi connectivity index (χ0) is 14.8. The van der Waals surface area contributed by atoms with Crippen molar-refractivity contribution in [2.24, 2.45) is 5.92 Å². The van der Waals surface area contributed by atoms with E-state index in [-0.39, 0.29) is 11.9 Å². The lowest BCUT2D eigenvalue weighted by atomic mass is 10.0. The van der Waals surface area contributed by atoms with Crippen molar-refractivity contribution in [2.45, 2.75) is 25.4 Å². The molecule has 0 spiro atoms. The maximum Gasteiger partial charge on any atom is 0.130 e. The van der Waals surface area contributed by atoms with E-state index < -0.39 is 11.6 Å². The standard InChI is InChI=1S/C17H16F3N/c18-14-6-3-12(4-7-14)17(11-1-2-11)21-10-13-5-8-15(19)9-16(13)20/h3-9,11,17,21H,1-2,10H2. The summed E-state index contributed by atoms with van der Waals surface area (Å²) in [7, 11) is 0. The van der Waals surface area contributed by atoms with Crippen LogP contribution in [-0.4, -0.2) is 0 Å². The molecule has 0 aromatic heterocycles. The van der Waals surface area contributed by atoms with Crippen LogP contribution in [0.3, 0.4) is 0 Å². The highest BCUT2D eigenvalue weighted by Gasteiger charge is 2.32. The lowest BCUT2D eigenvalue weighted by Crippen LogP contribution is -2.23. The third kappa shape index (κ3) is 3.45. The second-order valence-electron chi connectivity index (χ2n) is 5.48. The molecule has 4 heteroatoms. The van der Waals surface area contributed by atoms with Gasteiger partial charge in [-0.1, -0.05) is 18.2 Å². The molecule has 1 atom stereocenters. The Hall–Kier alpha value is -1.81. The average molecular weight is 291 g/mol. The molecule has 1 aliphatic rings. The highest BCUT2D eigenvalue weighted by molar-refractivity contribution is 5.23. The molecule has 21 heavy (non-hydrogen) atoms. The Balaban J connectivity index is 1.72. The number of benzene rings is 2. The largest absolute Gasteiger partial charge is 0.306 e. The Morgan fingerprint density at radius 2 is 1.62 bits per heavy atom. The second kappa shape index (κ2) is 5.90. The first-order chi connectivity index (χ1) is 10.1. The van der Waals surface area contributed by atoms with E-state index in [9.17, 15) is 13.2 Å². The number of hydrogen-bond acceptors (Lipinski definition) is 1. The normalized spacial score (nSPS) is 16.0. The van der Waals surface area contributed by atoms with Gasteiger partial charge in [0, 0.05) is 24.2 Å². The van der Waals surface area contributed by atoms with Gasteiger partial charge < -0.3 is 5.32 Å². The van der Waals surface area contributed by atoms with Crippen molar-refractivity contribution in [3.05, 3.63) is 71.0 Å². The molecular weight excluding hydrogens is 275 g/mol. The van der Waals surface area contributed by atoms with Crippen molar-refractivity contribution in [1.82, 2.24) is 5.32 Å². The molecule has 2 aromatic carbocycles. The van der Waals surface area contributed by atoms with Gasteiger partial charge in [0.05, 0.1) is 0 Å². The number of hydrogen-bond donors (Lipinski definition) is 1. The minimum absolute atomic E-state index is 0.0788. The molecule has 3 rings (SSSR count). The fraction of sp³-hybridized carbons (Fsp3) is 0.294. The Morgan fingerprint density at radius 1 is 0.952 bits per heavy atom. The minimum Gasteiger partial charge on any atom is -0.306 e. The Labute approximate surface area is 121 Å². The highest BCUT2D eigenvalue weighted by Crippen LogP contribution is 2.41. The quantitative estimate of drug-likeness (QED) is 0.864. The minimum atomic E-state index is -0.575. The molecule has 2 aromatic rings. The van der Waals surface area contributed by atoms with Crippen LogP contribution < -0.4 is 5.32 Å². The Kier molecular flexibility index (Phi) is 3.97. The molecule has 0 aliphatic heterocycles. The van der Waals surface area contributed by atoms with E-state index in [1.807, 2.05) is 0 Å². The SMILES string of the molecule is Fc1ccc(C(NCc2ccc(F)cc2F)C2CC2)cc1. The highest BCUT2D eigenvalue weighted by atomic mass is 19.1. The van der Waals surface area contributed by atoms with Crippen molar-refractivity contribution in [3.63, 3.8) is 0 Å². The first-order valence-electron chi connectivity index (χ1n) is 7.06. The van der Waals surface area contributed by atoms with Gasteiger partial charge in [-0.25, -0.2) is 13.2 Å². The zero-order valence-electron chi connectivity index (χ0n) is 11.5. The molecule has 0 amide bonds. The summed E-state index contributed by atoms with van der Waals surface area (Å²) >= 11 is 0. The summed E-state index contributed by atoms with van der Waals surface area (Å²) in [6, 6.07) is 10.1. The molecule has 1 aliphatic carbocycles. The number of nitrogens with one attached hydrogen (secondary N) is 1. The van der Waals surface area contributed by atoms with Crippen LogP contribution in [0.2, 0.25) is 0 Å². The van der Waals surface area contributed by atoms with Crippen LogP contribution in [-0.2, 0) is 6.54 Å². The van der Waals surface area contributed by atoms with Gasteiger partial charge in [0.1, 0.15) is 17.5 Å². The van der Waals surface area contributed by atoms with E-state index in [1.54, 1.807) is 12.1 Å². The maximum atomic E-state index is 13.6. The van der Waals surface area contributed by atoms with Crippen molar-refractivity contribution in [2.75, 3.05) is 0 Å². The molecule has 1 unspecified atom stereocenters. The second-order valence-corrected chi connectivity index (χ2v) is 5.48. The number of halogens is 3. The molecule has 1 fully saturated rings. The van der Waals surface area contributed by atoms with Crippen LogP contribution in [0, 0.1) is 23.4 Å². The van der Waals surface area contributed by atoms with Gasteiger partial charge >= 0.3 is 0 Å². The molecule has 0 radical (unpaired) electrons. The molecule has 1 N–H and O–H groups in total. The van der Waals surface area contributed by atoms with Gasteiger partial charge in [0.25, 0.3) is 0 Å². The first kappa shape index (κ1) is 14.1. The fourth-order valence-electron chi connectivity index (χ4n) is 2.54. The summed E-state index contributed by atoms with van der Waals surface area (Å²) in [5, 5.41) is 3.31. The summed E-state index contributed by atoms with van der Waals surface area (Å²) in [4.78, 5) is 0.